The minimum absolute atomic E-state index is 0.0920. The molecule has 7 nitrogen and oxygen atoms in total. The molecule has 0 bridgehead atoms. The molecule has 0 aliphatic carbocycles. The highest BCUT2D eigenvalue weighted by Crippen LogP contribution is 2.32. The van der Waals surface area contributed by atoms with Crippen molar-refractivity contribution in [3.63, 3.8) is 0 Å². The largest absolute Gasteiger partial charge is 0.454 e. The first-order valence-corrected chi connectivity index (χ1v) is 11.5. The lowest BCUT2D eigenvalue weighted by atomic mass is 10.1. The van der Waals surface area contributed by atoms with Crippen molar-refractivity contribution in [2.45, 2.75) is 6.42 Å². The maximum absolute atomic E-state index is 12.7. The summed E-state index contributed by atoms with van der Waals surface area (Å²) in [6.07, 6.45) is 0.317. The number of piperazine rings is 1. The molecule has 0 spiro atoms. The van der Waals surface area contributed by atoms with E-state index in [1.165, 1.54) is 0 Å². The highest BCUT2D eigenvalue weighted by Gasteiger charge is 2.22. The number of halogens is 1. The van der Waals surface area contributed by atoms with Crippen LogP contribution in [-0.4, -0.2) is 49.7 Å². The van der Waals surface area contributed by atoms with Gasteiger partial charge < -0.3 is 24.6 Å². The van der Waals surface area contributed by atoms with Crippen molar-refractivity contribution in [3.05, 3.63) is 82.9 Å². The second-order valence-corrected chi connectivity index (χ2v) is 8.61. The maximum Gasteiger partial charge on any atom is 0.255 e. The molecule has 3 aromatic carbocycles. The summed E-state index contributed by atoms with van der Waals surface area (Å²) in [5, 5.41) is 3.54. The van der Waals surface area contributed by atoms with Gasteiger partial charge in [0, 0.05) is 48.1 Å². The Morgan fingerprint density at radius 1 is 0.882 bits per heavy atom. The van der Waals surface area contributed by atoms with Crippen molar-refractivity contribution in [2.24, 2.45) is 0 Å². The van der Waals surface area contributed by atoms with Crippen LogP contribution in [0.15, 0.2) is 66.7 Å². The van der Waals surface area contributed by atoms with Crippen LogP contribution in [0.5, 0.6) is 11.5 Å². The molecule has 1 fully saturated rings. The molecule has 0 atom stereocenters. The van der Waals surface area contributed by atoms with Gasteiger partial charge >= 0.3 is 0 Å². The van der Waals surface area contributed by atoms with Gasteiger partial charge in [0.15, 0.2) is 11.5 Å². The molecular weight excluding hydrogens is 454 g/mol. The summed E-state index contributed by atoms with van der Waals surface area (Å²) in [4.78, 5) is 29.4. The lowest BCUT2D eigenvalue weighted by Gasteiger charge is -2.36. The first-order chi connectivity index (χ1) is 16.6. The zero-order valence-electron chi connectivity index (χ0n) is 18.5. The molecule has 2 amide bonds. The summed E-state index contributed by atoms with van der Waals surface area (Å²) in [6.45, 7) is 2.98. The van der Waals surface area contributed by atoms with Gasteiger partial charge in [-0.05, 0) is 54.1 Å². The zero-order valence-corrected chi connectivity index (χ0v) is 19.3. The van der Waals surface area contributed by atoms with Gasteiger partial charge in [-0.1, -0.05) is 29.8 Å². The summed E-state index contributed by atoms with van der Waals surface area (Å²) < 4.78 is 10.6. The number of hydrogen-bond acceptors (Lipinski definition) is 5. The fraction of sp³-hybridized carbons (Fsp3) is 0.231. The van der Waals surface area contributed by atoms with Crippen molar-refractivity contribution in [3.8, 4) is 11.5 Å². The van der Waals surface area contributed by atoms with Crippen LogP contribution < -0.4 is 19.7 Å². The van der Waals surface area contributed by atoms with Crippen LogP contribution in [0.2, 0.25) is 5.02 Å². The number of benzene rings is 3. The monoisotopic (exact) mass is 477 g/mol. The molecule has 5 rings (SSSR count). The molecule has 0 saturated carbocycles. The van der Waals surface area contributed by atoms with E-state index in [0.29, 0.717) is 47.3 Å². The van der Waals surface area contributed by atoms with E-state index in [2.05, 4.69) is 10.2 Å². The van der Waals surface area contributed by atoms with Crippen LogP contribution in [0.1, 0.15) is 15.9 Å². The van der Waals surface area contributed by atoms with Gasteiger partial charge in [-0.15, -0.1) is 0 Å². The minimum atomic E-state index is -0.211. The Balaban J connectivity index is 1.14. The summed E-state index contributed by atoms with van der Waals surface area (Å²) in [5.74, 6) is 1.10. The van der Waals surface area contributed by atoms with Crippen LogP contribution in [0, 0.1) is 0 Å². The number of hydrogen-bond donors (Lipinski definition) is 1. The highest BCUT2D eigenvalue weighted by molar-refractivity contribution is 6.31. The molecule has 1 saturated heterocycles. The van der Waals surface area contributed by atoms with Gasteiger partial charge in [0.2, 0.25) is 12.7 Å². The normalized spacial score (nSPS) is 14.7. The number of carbonyl (C=O) groups is 2. The van der Waals surface area contributed by atoms with Crippen LogP contribution in [0.4, 0.5) is 11.4 Å². The predicted octanol–water partition coefficient (Wildman–Crippen LogP) is 4.21. The predicted molar refractivity (Wildman–Crippen MR) is 131 cm³/mol. The van der Waals surface area contributed by atoms with E-state index in [4.69, 9.17) is 21.1 Å². The lowest BCUT2D eigenvalue weighted by Crippen LogP contribution is -2.49. The minimum Gasteiger partial charge on any atom is -0.454 e. The third-order valence-corrected chi connectivity index (χ3v) is 6.43. The Labute approximate surface area is 202 Å². The first kappa shape index (κ1) is 22.1. The van der Waals surface area contributed by atoms with E-state index in [1.54, 1.807) is 18.2 Å². The molecular formula is C26H24ClN3O4. The summed E-state index contributed by atoms with van der Waals surface area (Å²) >= 11 is 6.20. The zero-order chi connectivity index (χ0) is 23.5. The molecule has 8 heteroatoms. The fourth-order valence-electron chi connectivity index (χ4n) is 4.13. The number of ether oxygens (including phenoxy) is 2. The standard InChI is InChI=1S/C26H24ClN3O4/c27-22-4-2-1-3-18(22)16-25(31)30-13-11-29(12-14-30)21-8-6-20(7-9-21)28-26(32)19-5-10-23-24(15-19)34-17-33-23/h1-10,15H,11-14,16-17H2,(H,28,32). The topological polar surface area (TPSA) is 71.1 Å². The first-order valence-electron chi connectivity index (χ1n) is 11.1. The highest BCUT2D eigenvalue weighted by atomic mass is 35.5. The van der Waals surface area contributed by atoms with E-state index >= 15 is 0 Å². The van der Waals surface area contributed by atoms with E-state index < -0.39 is 0 Å². The SMILES string of the molecule is O=C(Nc1ccc(N2CCN(C(=O)Cc3ccccc3Cl)CC2)cc1)c1ccc2c(c1)OCO2. The van der Waals surface area contributed by atoms with Crippen LogP contribution in [0.25, 0.3) is 0 Å². The van der Waals surface area contributed by atoms with Crippen LogP contribution >= 0.6 is 11.6 Å². The molecule has 0 unspecified atom stereocenters. The van der Waals surface area contributed by atoms with E-state index in [-0.39, 0.29) is 18.6 Å². The Hall–Kier alpha value is -3.71. The number of anilines is 2. The van der Waals surface area contributed by atoms with Gasteiger partial charge in [-0.3, -0.25) is 9.59 Å². The van der Waals surface area contributed by atoms with E-state index in [1.807, 2.05) is 53.4 Å². The molecule has 34 heavy (non-hydrogen) atoms. The van der Waals surface area contributed by atoms with E-state index in [9.17, 15) is 9.59 Å². The van der Waals surface area contributed by atoms with Crippen molar-refractivity contribution in [2.75, 3.05) is 43.2 Å². The molecule has 2 aliphatic rings. The fourth-order valence-corrected chi connectivity index (χ4v) is 4.33. The van der Waals surface area contributed by atoms with Gasteiger partial charge in [-0.2, -0.15) is 0 Å². The third kappa shape index (κ3) is 4.79. The van der Waals surface area contributed by atoms with Crippen LogP contribution in [0.3, 0.4) is 0 Å². The smallest absolute Gasteiger partial charge is 0.255 e. The van der Waals surface area contributed by atoms with E-state index in [0.717, 1.165) is 24.3 Å². The molecule has 1 N–H and O–H groups in total. The van der Waals surface area contributed by atoms with Crippen LogP contribution in [-0.2, 0) is 11.2 Å². The Kier molecular flexibility index (Phi) is 6.27. The molecule has 0 radical (unpaired) electrons. The molecule has 2 heterocycles. The van der Waals surface area contributed by atoms with Crippen molar-refractivity contribution < 1.29 is 19.1 Å². The second kappa shape index (κ2) is 9.65. The Bertz CT molecular complexity index is 1210. The lowest BCUT2D eigenvalue weighted by molar-refractivity contribution is -0.130. The average molecular weight is 478 g/mol. The summed E-state index contributed by atoms with van der Waals surface area (Å²) in [5.41, 5.74) is 3.13. The van der Waals surface area contributed by atoms with Gasteiger partial charge in [0.25, 0.3) is 5.91 Å². The number of nitrogens with one attached hydrogen (secondary N) is 1. The maximum atomic E-state index is 12.7. The van der Waals surface area contributed by atoms with Crippen molar-refractivity contribution >= 4 is 34.8 Å². The molecule has 3 aromatic rings. The quantitative estimate of drug-likeness (QED) is 0.596. The van der Waals surface area contributed by atoms with Gasteiger partial charge in [0.05, 0.1) is 6.42 Å². The number of nitrogens with zero attached hydrogens (tertiary/aromatic N) is 2. The summed E-state index contributed by atoms with van der Waals surface area (Å²) in [7, 11) is 0. The number of rotatable bonds is 5. The Morgan fingerprint density at radius 3 is 2.38 bits per heavy atom. The Morgan fingerprint density at radius 2 is 1.62 bits per heavy atom. The molecule has 0 aromatic heterocycles. The second-order valence-electron chi connectivity index (χ2n) is 8.21. The summed E-state index contributed by atoms with van der Waals surface area (Å²) in [6, 6.07) is 20.3. The van der Waals surface area contributed by atoms with Gasteiger partial charge in [0.1, 0.15) is 0 Å². The average Bonchev–Trinajstić information content (AvgIpc) is 3.34. The van der Waals surface area contributed by atoms with Crippen molar-refractivity contribution in [1.82, 2.24) is 4.90 Å². The number of amides is 2. The van der Waals surface area contributed by atoms with Gasteiger partial charge in [-0.25, -0.2) is 0 Å². The third-order valence-electron chi connectivity index (χ3n) is 6.06. The number of carbonyl (C=O) groups excluding carboxylic acids is 2. The van der Waals surface area contributed by atoms with Crippen molar-refractivity contribution in [1.29, 1.82) is 0 Å². The molecule has 174 valence electrons. The molecule has 2 aliphatic heterocycles. The number of fused-ring (bicyclic) bond motifs is 1.